The van der Waals surface area contributed by atoms with Crippen molar-refractivity contribution in [3.8, 4) is 0 Å². The smallest absolute Gasteiger partial charge is 0.0836 e. The monoisotopic (exact) mass is 197 g/mol. The Morgan fingerprint density at radius 3 is 2.43 bits per heavy atom. The molecule has 3 fully saturated rings. The SMILES string of the molecule is CCOC1(CNC)CC2CCC1CC2. The lowest BCUT2D eigenvalue weighted by atomic mass is 9.62. The molecule has 3 aliphatic rings. The van der Waals surface area contributed by atoms with E-state index in [0.29, 0.717) is 0 Å². The van der Waals surface area contributed by atoms with Gasteiger partial charge in [-0.25, -0.2) is 0 Å². The van der Waals surface area contributed by atoms with E-state index in [0.717, 1.165) is 25.0 Å². The van der Waals surface area contributed by atoms with Gasteiger partial charge in [0.05, 0.1) is 5.60 Å². The van der Waals surface area contributed by atoms with Crippen LogP contribution in [-0.2, 0) is 4.74 Å². The van der Waals surface area contributed by atoms with Gasteiger partial charge in [0.15, 0.2) is 0 Å². The van der Waals surface area contributed by atoms with Gasteiger partial charge in [-0.15, -0.1) is 0 Å². The molecule has 3 aliphatic carbocycles. The van der Waals surface area contributed by atoms with Crippen LogP contribution in [0.5, 0.6) is 0 Å². The van der Waals surface area contributed by atoms with Gasteiger partial charge in [-0.3, -0.25) is 0 Å². The predicted octanol–water partition coefficient (Wildman–Crippen LogP) is 2.19. The second kappa shape index (κ2) is 4.19. The van der Waals surface area contributed by atoms with Crippen LogP contribution in [-0.4, -0.2) is 25.8 Å². The molecular weight excluding hydrogens is 174 g/mol. The van der Waals surface area contributed by atoms with E-state index in [9.17, 15) is 0 Å². The largest absolute Gasteiger partial charge is 0.374 e. The van der Waals surface area contributed by atoms with Crippen molar-refractivity contribution in [2.24, 2.45) is 11.8 Å². The number of hydrogen-bond acceptors (Lipinski definition) is 2. The average Bonchev–Trinajstić information content (AvgIpc) is 2.20. The molecule has 0 radical (unpaired) electrons. The third-order valence-electron chi connectivity index (χ3n) is 4.13. The van der Waals surface area contributed by atoms with E-state index >= 15 is 0 Å². The van der Waals surface area contributed by atoms with Crippen LogP contribution in [0.1, 0.15) is 39.0 Å². The Labute approximate surface area is 87.4 Å². The highest BCUT2D eigenvalue weighted by Gasteiger charge is 2.47. The fraction of sp³-hybridized carbons (Fsp3) is 1.00. The fourth-order valence-corrected chi connectivity index (χ4v) is 3.58. The summed E-state index contributed by atoms with van der Waals surface area (Å²) in [7, 11) is 2.04. The zero-order valence-electron chi connectivity index (χ0n) is 9.51. The van der Waals surface area contributed by atoms with E-state index in [1.165, 1.54) is 32.1 Å². The number of nitrogens with one attached hydrogen (secondary N) is 1. The van der Waals surface area contributed by atoms with E-state index in [4.69, 9.17) is 4.74 Å². The minimum absolute atomic E-state index is 0.185. The molecule has 0 aromatic rings. The molecule has 0 aromatic carbocycles. The fourth-order valence-electron chi connectivity index (χ4n) is 3.58. The first kappa shape index (κ1) is 10.4. The molecule has 3 saturated carbocycles. The normalized spacial score (nSPS) is 41.6. The van der Waals surface area contributed by atoms with Crippen molar-refractivity contribution in [3.05, 3.63) is 0 Å². The van der Waals surface area contributed by atoms with Gasteiger partial charge in [0.1, 0.15) is 0 Å². The number of likely N-dealkylation sites (N-methyl/N-ethyl adjacent to an activating group) is 1. The minimum atomic E-state index is 0.185. The van der Waals surface area contributed by atoms with Gasteiger partial charge in [0, 0.05) is 13.2 Å². The lowest BCUT2D eigenvalue weighted by molar-refractivity contribution is -0.137. The number of fused-ring (bicyclic) bond motifs is 3. The summed E-state index contributed by atoms with van der Waals surface area (Å²) >= 11 is 0. The molecule has 1 unspecified atom stereocenters. The summed E-state index contributed by atoms with van der Waals surface area (Å²) in [5.41, 5.74) is 0.185. The lowest BCUT2D eigenvalue weighted by Crippen LogP contribution is -2.54. The predicted molar refractivity (Wildman–Crippen MR) is 58.3 cm³/mol. The van der Waals surface area contributed by atoms with Crippen LogP contribution in [0, 0.1) is 11.8 Å². The Morgan fingerprint density at radius 2 is 2.00 bits per heavy atom. The molecule has 2 bridgehead atoms. The quantitative estimate of drug-likeness (QED) is 0.746. The minimum Gasteiger partial charge on any atom is -0.374 e. The third kappa shape index (κ3) is 1.70. The van der Waals surface area contributed by atoms with Gasteiger partial charge in [0.25, 0.3) is 0 Å². The van der Waals surface area contributed by atoms with Crippen LogP contribution >= 0.6 is 0 Å². The summed E-state index contributed by atoms with van der Waals surface area (Å²) in [6.07, 6.45) is 6.98. The van der Waals surface area contributed by atoms with Gasteiger partial charge in [-0.1, -0.05) is 0 Å². The average molecular weight is 197 g/mol. The Bertz CT molecular complexity index is 179. The van der Waals surface area contributed by atoms with Crippen molar-refractivity contribution in [2.75, 3.05) is 20.2 Å². The van der Waals surface area contributed by atoms with Gasteiger partial charge in [-0.05, 0) is 57.9 Å². The zero-order chi connectivity index (χ0) is 10.0. The standard InChI is InChI=1S/C12H23NO/c1-3-14-12(9-13-2)8-10-4-6-11(12)7-5-10/h10-11,13H,3-9H2,1-2H3. The maximum Gasteiger partial charge on any atom is 0.0836 e. The van der Waals surface area contributed by atoms with Crippen LogP contribution in [0.4, 0.5) is 0 Å². The first-order chi connectivity index (χ1) is 6.80. The van der Waals surface area contributed by atoms with Crippen molar-refractivity contribution in [2.45, 2.75) is 44.6 Å². The number of hydrogen-bond donors (Lipinski definition) is 1. The molecule has 2 nitrogen and oxygen atoms in total. The summed E-state index contributed by atoms with van der Waals surface area (Å²) in [6, 6.07) is 0. The third-order valence-corrected chi connectivity index (χ3v) is 4.13. The Hall–Kier alpha value is -0.0800. The molecule has 0 aliphatic heterocycles. The first-order valence-corrected chi connectivity index (χ1v) is 6.09. The van der Waals surface area contributed by atoms with Gasteiger partial charge in [0.2, 0.25) is 0 Å². The second-order valence-corrected chi connectivity index (χ2v) is 4.95. The number of rotatable bonds is 4. The summed E-state index contributed by atoms with van der Waals surface area (Å²) in [4.78, 5) is 0. The molecule has 1 atom stereocenters. The van der Waals surface area contributed by atoms with Crippen molar-refractivity contribution >= 4 is 0 Å². The molecule has 2 heteroatoms. The zero-order valence-corrected chi connectivity index (χ0v) is 9.51. The first-order valence-electron chi connectivity index (χ1n) is 6.09. The van der Waals surface area contributed by atoms with Crippen LogP contribution in [0.25, 0.3) is 0 Å². The van der Waals surface area contributed by atoms with Crippen LogP contribution < -0.4 is 5.32 Å². The van der Waals surface area contributed by atoms with E-state index in [2.05, 4.69) is 12.2 Å². The molecular formula is C12H23NO. The molecule has 0 aromatic heterocycles. The summed E-state index contributed by atoms with van der Waals surface area (Å²) < 4.78 is 6.08. The van der Waals surface area contributed by atoms with Crippen molar-refractivity contribution < 1.29 is 4.74 Å². The van der Waals surface area contributed by atoms with E-state index in [-0.39, 0.29) is 5.60 Å². The highest BCUT2D eigenvalue weighted by atomic mass is 16.5. The Morgan fingerprint density at radius 1 is 1.29 bits per heavy atom. The number of ether oxygens (including phenoxy) is 1. The second-order valence-electron chi connectivity index (χ2n) is 4.95. The summed E-state index contributed by atoms with van der Waals surface area (Å²) in [5, 5.41) is 3.32. The van der Waals surface area contributed by atoms with Crippen molar-refractivity contribution in [1.29, 1.82) is 0 Å². The molecule has 14 heavy (non-hydrogen) atoms. The van der Waals surface area contributed by atoms with E-state index in [1.807, 2.05) is 7.05 Å². The summed E-state index contributed by atoms with van der Waals surface area (Å²) in [5.74, 6) is 1.76. The molecule has 1 N–H and O–H groups in total. The Kier molecular flexibility index (Phi) is 3.13. The molecule has 0 amide bonds. The maximum absolute atomic E-state index is 6.08. The molecule has 82 valence electrons. The molecule has 0 spiro atoms. The molecule has 0 heterocycles. The van der Waals surface area contributed by atoms with E-state index < -0.39 is 0 Å². The highest BCUT2D eigenvalue weighted by molar-refractivity contribution is 5.00. The van der Waals surface area contributed by atoms with Crippen LogP contribution in [0.3, 0.4) is 0 Å². The highest BCUT2D eigenvalue weighted by Crippen LogP contribution is 2.48. The van der Waals surface area contributed by atoms with Gasteiger partial charge in [-0.2, -0.15) is 0 Å². The van der Waals surface area contributed by atoms with E-state index in [1.54, 1.807) is 0 Å². The van der Waals surface area contributed by atoms with Crippen LogP contribution in [0.2, 0.25) is 0 Å². The Balaban J connectivity index is 2.09. The van der Waals surface area contributed by atoms with Crippen LogP contribution in [0.15, 0.2) is 0 Å². The van der Waals surface area contributed by atoms with Crippen molar-refractivity contribution in [1.82, 2.24) is 5.32 Å². The van der Waals surface area contributed by atoms with Gasteiger partial charge >= 0.3 is 0 Å². The van der Waals surface area contributed by atoms with Gasteiger partial charge < -0.3 is 10.1 Å². The maximum atomic E-state index is 6.08. The molecule has 0 saturated heterocycles. The molecule has 3 rings (SSSR count). The topological polar surface area (TPSA) is 21.3 Å². The lowest BCUT2D eigenvalue weighted by Gasteiger charge is -2.51. The summed E-state index contributed by atoms with van der Waals surface area (Å²) in [6.45, 7) is 4.03. The van der Waals surface area contributed by atoms with Crippen molar-refractivity contribution in [3.63, 3.8) is 0 Å².